The van der Waals surface area contributed by atoms with Crippen LogP contribution in [0.3, 0.4) is 0 Å². The molecule has 0 radical (unpaired) electrons. The molecule has 5 heteroatoms. The number of rotatable bonds is 2. The fourth-order valence-electron chi connectivity index (χ4n) is 2.99. The molecule has 1 atom stereocenters. The summed E-state index contributed by atoms with van der Waals surface area (Å²) in [5.74, 6) is -0.179. The van der Waals surface area contributed by atoms with E-state index in [0.29, 0.717) is 18.9 Å². The van der Waals surface area contributed by atoms with Crippen molar-refractivity contribution in [3.8, 4) is 6.07 Å². The number of halogens is 1. The first-order valence-electron chi connectivity index (χ1n) is 6.96. The average molecular weight is 276 g/mol. The fourth-order valence-corrected chi connectivity index (χ4v) is 2.99. The fraction of sp³-hybridized carbons (Fsp3) is 0.533. The zero-order valence-electron chi connectivity index (χ0n) is 11.2. The lowest BCUT2D eigenvalue weighted by atomic mass is 9.96. The quantitative estimate of drug-likeness (QED) is 0.831. The van der Waals surface area contributed by atoms with Crippen LogP contribution >= 0.6 is 0 Å². The highest BCUT2D eigenvalue weighted by molar-refractivity contribution is 5.60. The maximum absolute atomic E-state index is 13.7. The predicted molar refractivity (Wildman–Crippen MR) is 71.7 cm³/mol. The van der Waals surface area contributed by atoms with Crippen LogP contribution in [0.1, 0.15) is 18.4 Å². The minimum absolute atomic E-state index is 0.126. The number of nitrogens with zero attached hydrogens (tertiary/aromatic N) is 2. The Morgan fingerprint density at radius 3 is 2.85 bits per heavy atom. The first-order valence-corrected chi connectivity index (χ1v) is 6.96. The van der Waals surface area contributed by atoms with Crippen LogP contribution in [-0.4, -0.2) is 32.6 Å². The maximum atomic E-state index is 13.7. The Morgan fingerprint density at radius 2 is 2.10 bits per heavy atom. The lowest BCUT2D eigenvalue weighted by molar-refractivity contribution is -0.0858. The van der Waals surface area contributed by atoms with Crippen LogP contribution < -0.4 is 4.90 Å². The van der Waals surface area contributed by atoms with Gasteiger partial charge >= 0.3 is 0 Å². The molecule has 1 aromatic rings. The zero-order valence-corrected chi connectivity index (χ0v) is 11.2. The molecule has 2 aliphatic heterocycles. The van der Waals surface area contributed by atoms with Gasteiger partial charge in [-0.1, -0.05) is 6.07 Å². The lowest BCUT2D eigenvalue weighted by Gasteiger charge is -2.36. The van der Waals surface area contributed by atoms with E-state index in [1.165, 1.54) is 6.07 Å². The van der Waals surface area contributed by atoms with Crippen molar-refractivity contribution in [1.29, 1.82) is 5.26 Å². The number of hydrogen-bond acceptors (Lipinski definition) is 4. The topological polar surface area (TPSA) is 45.5 Å². The second kappa shape index (κ2) is 5.78. The molecule has 4 nitrogen and oxygen atoms in total. The van der Waals surface area contributed by atoms with E-state index in [9.17, 15) is 4.39 Å². The largest absolute Gasteiger partial charge is 0.370 e. The second-order valence-electron chi connectivity index (χ2n) is 5.20. The number of ether oxygens (including phenoxy) is 2. The predicted octanol–water partition coefficient (Wildman–Crippen LogP) is 2.29. The molecule has 0 aliphatic carbocycles. The minimum atomic E-state index is -0.458. The zero-order chi connectivity index (χ0) is 13.9. The molecule has 2 fully saturated rings. The van der Waals surface area contributed by atoms with Crippen LogP contribution in [0.5, 0.6) is 0 Å². The summed E-state index contributed by atoms with van der Waals surface area (Å²) in [5, 5.41) is 9.14. The summed E-state index contributed by atoms with van der Waals surface area (Å²) in [6.45, 7) is 2.86. The van der Waals surface area contributed by atoms with Crippen LogP contribution in [0, 0.1) is 23.1 Å². The number of hydrogen-bond donors (Lipinski definition) is 0. The molecule has 2 heterocycles. The molecule has 1 aromatic carbocycles. The van der Waals surface area contributed by atoms with Crippen molar-refractivity contribution in [1.82, 2.24) is 0 Å². The molecule has 0 spiro atoms. The first kappa shape index (κ1) is 13.3. The van der Waals surface area contributed by atoms with Gasteiger partial charge in [0, 0.05) is 19.0 Å². The smallest absolute Gasteiger partial charge is 0.162 e. The van der Waals surface area contributed by atoms with Gasteiger partial charge in [0.15, 0.2) is 6.29 Å². The molecule has 0 unspecified atom stereocenters. The third-order valence-corrected chi connectivity index (χ3v) is 3.93. The number of piperidine rings is 1. The minimum Gasteiger partial charge on any atom is -0.370 e. The summed E-state index contributed by atoms with van der Waals surface area (Å²) in [6, 6.07) is 6.75. The van der Waals surface area contributed by atoms with Gasteiger partial charge in [0.05, 0.1) is 18.9 Å². The van der Waals surface area contributed by atoms with E-state index < -0.39 is 5.82 Å². The maximum Gasteiger partial charge on any atom is 0.162 e. The number of anilines is 1. The average Bonchev–Trinajstić information content (AvgIpc) is 3.01. The Hall–Kier alpha value is -1.64. The SMILES string of the molecule is N#Cc1c(F)cccc1N1CCC[C@H](C2OCCO2)C1. The van der Waals surface area contributed by atoms with Crippen LogP contribution in [0.2, 0.25) is 0 Å². The summed E-state index contributed by atoms with van der Waals surface area (Å²) < 4.78 is 24.8. The van der Waals surface area contributed by atoms with Crippen molar-refractivity contribution >= 4 is 5.69 Å². The third-order valence-electron chi connectivity index (χ3n) is 3.93. The van der Waals surface area contributed by atoms with Gasteiger partial charge in [-0.2, -0.15) is 5.26 Å². The molecule has 20 heavy (non-hydrogen) atoms. The van der Waals surface area contributed by atoms with E-state index in [0.717, 1.165) is 25.9 Å². The van der Waals surface area contributed by atoms with Crippen molar-refractivity contribution in [2.45, 2.75) is 19.1 Å². The Kier molecular flexibility index (Phi) is 3.86. The highest BCUT2D eigenvalue weighted by Crippen LogP contribution is 2.30. The van der Waals surface area contributed by atoms with Crippen molar-refractivity contribution in [3.05, 3.63) is 29.6 Å². The monoisotopic (exact) mass is 276 g/mol. The van der Waals surface area contributed by atoms with Gasteiger partial charge in [-0.25, -0.2) is 4.39 Å². The molecule has 2 aliphatic rings. The molecule has 106 valence electrons. The van der Waals surface area contributed by atoms with Crippen LogP contribution in [0.15, 0.2) is 18.2 Å². The van der Waals surface area contributed by atoms with Gasteiger partial charge in [-0.15, -0.1) is 0 Å². The van der Waals surface area contributed by atoms with Crippen LogP contribution in [0.4, 0.5) is 10.1 Å². The molecule has 3 rings (SSSR count). The number of nitriles is 1. The van der Waals surface area contributed by atoms with Crippen molar-refractivity contribution in [2.75, 3.05) is 31.2 Å². The molecule has 0 aromatic heterocycles. The van der Waals surface area contributed by atoms with E-state index in [1.807, 2.05) is 6.07 Å². The lowest BCUT2D eigenvalue weighted by Crippen LogP contribution is -2.41. The molecule has 0 amide bonds. The second-order valence-corrected chi connectivity index (χ2v) is 5.20. The molecular weight excluding hydrogens is 259 g/mol. The molecule has 0 N–H and O–H groups in total. The summed E-state index contributed by atoms with van der Waals surface area (Å²) in [4.78, 5) is 2.07. The third kappa shape index (κ3) is 2.49. The standard InChI is InChI=1S/C15H17FN2O2/c16-13-4-1-5-14(12(13)9-17)18-6-2-3-11(10-18)15-19-7-8-20-15/h1,4-5,11,15H,2-3,6-8,10H2/t11-/m0/s1. The van der Waals surface area contributed by atoms with Crippen molar-refractivity contribution in [2.24, 2.45) is 5.92 Å². The van der Waals surface area contributed by atoms with Crippen LogP contribution in [-0.2, 0) is 9.47 Å². The van der Waals surface area contributed by atoms with E-state index in [1.54, 1.807) is 12.1 Å². The molecule has 0 bridgehead atoms. The number of benzene rings is 1. The van der Waals surface area contributed by atoms with E-state index >= 15 is 0 Å². The Morgan fingerprint density at radius 1 is 1.30 bits per heavy atom. The van der Waals surface area contributed by atoms with Gasteiger partial charge in [-0.3, -0.25) is 0 Å². The highest BCUT2D eigenvalue weighted by Gasteiger charge is 2.32. The van der Waals surface area contributed by atoms with Gasteiger partial charge in [0.25, 0.3) is 0 Å². The van der Waals surface area contributed by atoms with Crippen molar-refractivity contribution < 1.29 is 13.9 Å². The first-order chi connectivity index (χ1) is 9.79. The van der Waals surface area contributed by atoms with Gasteiger partial charge < -0.3 is 14.4 Å². The van der Waals surface area contributed by atoms with Crippen LogP contribution in [0.25, 0.3) is 0 Å². The highest BCUT2D eigenvalue weighted by atomic mass is 19.1. The molecule has 0 saturated carbocycles. The van der Waals surface area contributed by atoms with Gasteiger partial charge in [0.2, 0.25) is 0 Å². The summed E-state index contributed by atoms with van der Waals surface area (Å²) >= 11 is 0. The van der Waals surface area contributed by atoms with E-state index in [-0.39, 0.29) is 17.8 Å². The van der Waals surface area contributed by atoms with E-state index in [2.05, 4.69) is 4.90 Å². The van der Waals surface area contributed by atoms with E-state index in [4.69, 9.17) is 14.7 Å². The molecule has 2 saturated heterocycles. The Bertz CT molecular complexity index is 523. The van der Waals surface area contributed by atoms with Crippen molar-refractivity contribution in [3.63, 3.8) is 0 Å². The Labute approximate surface area is 117 Å². The van der Waals surface area contributed by atoms with Gasteiger partial charge in [-0.05, 0) is 25.0 Å². The summed E-state index contributed by atoms with van der Waals surface area (Å²) in [7, 11) is 0. The summed E-state index contributed by atoms with van der Waals surface area (Å²) in [5.41, 5.74) is 0.802. The molecular formula is C15H17FN2O2. The normalized spacial score (nSPS) is 23.8. The Balaban J connectivity index is 1.80. The van der Waals surface area contributed by atoms with Gasteiger partial charge in [0.1, 0.15) is 17.4 Å². The summed E-state index contributed by atoms with van der Waals surface area (Å²) in [6.07, 6.45) is 1.88.